The van der Waals surface area contributed by atoms with Gasteiger partial charge in [0.05, 0.1) is 31.1 Å². The van der Waals surface area contributed by atoms with Crippen molar-refractivity contribution in [3.63, 3.8) is 0 Å². The van der Waals surface area contributed by atoms with Crippen LogP contribution < -0.4 is 0 Å². The molecule has 1 N–H and O–H groups in total. The van der Waals surface area contributed by atoms with Crippen LogP contribution in [0.4, 0.5) is 0 Å². The molecule has 0 bridgehead atoms. The van der Waals surface area contributed by atoms with E-state index in [1.54, 1.807) is 10.9 Å². The van der Waals surface area contributed by atoms with Gasteiger partial charge in [0.2, 0.25) is 0 Å². The van der Waals surface area contributed by atoms with Gasteiger partial charge in [0.25, 0.3) is 0 Å². The molecule has 1 atom stereocenters. The van der Waals surface area contributed by atoms with E-state index in [0.717, 1.165) is 5.69 Å². The molecule has 2 rings (SSSR count). The van der Waals surface area contributed by atoms with Gasteiger partial charge in [-0.25, -0.2) is 0 Å². The first-order valence-corrected chi connectivity index (χ1v) is 5.71. The Kier molecular flexibility index (Phi) is 3.95. The molecule has 5 heteroatoms. The minimum atomic E-state index is -0.521. The van der Waals surface area contributed by atoms with Crippen LogP contribution in [0.25, 0.3) is 5.69 Å². The van der Waals surface area contributed by atoms with Crippen molar-refractivity contribution >= 4 is 0 Å². The third-order valence-corrected chi connectivity index (χ3v) is 2.43. The van der Waals surface area contributed by atoms with Crippen molar-refractivity contribution in [1.29, 1.82) is 0 Å². The van der Waals surface area contributed by atoms with Crippen molar-refractivity contribution in [2.45, 2.75) is 19.6 Å². The maximum Gasteiger partial charge on any atom is 0.0968 e. The van der Waals surface area contributed by atoms with Crippen LogP contribution in [0.5, 0.6) is 0 Å². The summed E-state index contributed by atoms with van der Waals surface area (Å²) in [5.74, 6) is 0. The quantitative estimate of drug-likeness (QED) is 0.815. The lowest BCUT2D eigenvalue weighted by atomic mass is 10.4. The molecule has 17 heavy (non-hydrogen) atoms. The predicted octanol–water partition coefficient (Wildman–Crippen LogP) is 1.07. The highest BCUT2D eigenvalue weighted by atomic mass is 16.5. The lowest BCUT2D eigenvalue weighted by Gasteiger charge is -2.09. The number of aliphatic hydroxyl groups is 1. The normalized spacial score (nSPS) is 12.8. The van der Waals surface area contributed by atoms with Gasteiger partial charge in [0.15, 0.2) is 0 Å². The molecule has 0 aliphatic rings. The van der Waals surface area contributed by atoms with Gasteiger partial charge >= 0.3 is 0 Å². The minimum absolute atomic E-state index is 0.342. The van der Waals surface area contributed by atoms with E-state index in [9.17, 15) is 5.11 Å². The zero-order valence-corrected chi connectivity index (χ0v) is 9.86. The third kappa shape index (κ3) is 3.18. The lowest BCUT2D eigenvalue weighted by molar-refractivity contribution is 0.0316. The first-order chi connectivity index (χ1) is 8.29. The topological polar surface area (TPSA) is 52.2 Å². The van der Waals surface area contributed by atoms with Crippen LogP contribution in [0, 0.1) is 0 Å². The van der Waals surface area contributed by atoms with Crippen LogP contribution in [0.2, 0.25) is 0 Å². The van der Waals surface area contributed by atoms with E-state index >= 15 is 0 Å². The fourth-order valence-corrected chi connectivity index (χ4v) is 1.62. The molecular weight excluding hydrogens is 218 g/mol. The van der Waals surface area contributed by atoms with Crippen LogP contribution in [-0.4, -0.2) is 38.8 Å². The second kappa shape index (κ2) is 5.65. The van der Waals surface area contributed by atoms with E-state index < -0.39 is 6.10 Å². The highest BCUT2D eigenvalue weighted by Crippen LogP contribution is 2.06. The first kappa shape index (κ1) is 11.9. The maximum absolute atomic E-state index is 9.68. The van der Waals surface area contributed by atoms with Gasteiger partial charge in [-0.1, -0.05) is 0 Å². The van der Waals surface area contributed by atoms with E-state index in [4.69, 9.17) is 4.74 Å². The summed E-state index contributed by atoms with van der Waals surface area (Å²) in [4.78, 5) is 0. The van der Waals surface area contributed by atoms with Crippen LogP contribution >= 0.6 is 0 Å². The SMILES string of the molecule is CCOCC(O)Cn1cc(-n2cccc2)cn1. The molecule has 2 aromatic rings. The van der Waals surface area contributed by atoms with Crippen molar-refractivity contribution in [2.24, 2.45) is 0 Å². The number of ether oxygens (including phenoxy) is 1. The Morgan fingerprint density at radius 1 is 1.41 bits per heavy atom. The van der Waals surface area contributed by atoms with Crippen molar-refractivity contribution in [2.75, 3.05) is 13.2 Å². The zero-order valence-electron chi connectivity index (χ0n) is 9.86. The first-order valence-electron chi connectivity index (χ1n) is 5.71. The van der Waals surface area contributed by atoms with E-state index in [1.165, 1.54) is 0 Å². The minimum Gasteiger partial charge on any atom is -0.389 e. The molecule has 5 nitrogen and oxygen atoms in total. The number of nitrogens with zero attached hydrogens (tertiary/aromatic N) is 3. The molecule has 0 spiro atoms. The summed E-state index contributed by atoms with van der Waals surface area (Å²) in [6.45, 7) is 3.31. The molecule has 1 unspecified atom stereocenters. The van der Waals surface area contributed by atoms with Crippen LogP contribution in [0.3, 0.4) is 0 Å². The third-order valence-electron chi connectivity index (χ3n) is 2.43. The van der Waals surface area contributed by atoms with E-state index in [0.29, 0.717) is 19.8 Å². The van der Waals surface area contributed by atoms with Gasteiger partial charge in [0.1, 0.15) is 0 Å². The second-order valence-electron chi connectivity index (χ2n) is 3.82. The summed E-state index contributed by atoms with van der Waals surface area (Å²) in [5, 5.41) is 13.9. The summed E-state index contributed by atoms with van der Waals surface area (Å²) < 4.78 is 8.84. The molecule has 0 amide bonds. The number of aliphatic hydroxyl groups excluding tert-OH is 1. The van der Waals surface area contributed by atoms with Crippen LogP contribution in [0.15, 0.2) is 36.9 Å². The Labute approximate surface area is 100 Å². The number of aromatic nitrogens is 3. The Morgan fingerprint density at radius 2 is 2.18 bits per heavy atom. The second-order valence-corrected chi connectivity index (χ2v) is 3.82. The smallest absolute Gasteiger partial charge is 0.0968 e. The lowest BCUT2D eigenvalue weighted by Crippen LogP contribution is -2.22. The molecule has 0 aromatic carbocycles. The van der Waals surface area contributed by atoms with E-state index in [-0.39, 0.29) is 0 Å². The standard InChI is InChI=1S/C12H17N3O2/c1-2-17-10-12(16)9-15-8-11(7-13-15)14-5-3-4-6-14/h3-8,12,16H,2,9-10H2,1H3. The van der Waals surface area contributed by atoms with Crippen molar-refractivity contribution < 1.29 is 9.84 Å². The number of hydrogen-bond acceptors (Lipinski definition) is 3. The Balaban J connectivity index is 1.94. The molecule has 0 saturated carbocycles. The summed E-state index contributed by atoms with van der Waals surface area (Å²) in [6.07, 6.45) is 7.06. The fourth-order valence-electron chi connectivity index (χ4n) is 1.62. The number of rotatable bonds is 6. The average molecular weight is 235 g/mol. The Bertz CT molecular complexity index is 436. The average Bonchev–Trinajstić information content (AvgIpc) is 2.95. The molecule has 0 fully saturated rings. The molecular formula is C12H17N3O2. The van der Waals surface area contributed by atoms with Gasteiger partial charge in [-0.15, -0.1) is 0 Å². The largest absolute Gasteiger partial charge is 0.389 e. The Hall–Kier alpha value is -1.59. The summed E-state index contributed by atoms with van der Waals surface area (Å²) in [6, 6.07) is 3.92. The molecule has 92 valence electrons. The summed E-state index contributed by atoms with van der Waals surface area (Å²) >= 11 is 0. The molecule has 0 saturated heterocycles. The molecule has 0 aliphatic heterocycles. The number of hydrogen-bond donors (Lipinski definition) is 1. The van der Waals surface area contributed by atoms with Gasteiger partial charge in [-0.2, -0.15) is 5.10 Å². The summed E-state index contributed by atoms with van der Waals surface area (Å²) in [5.41, 5.74) is 0.985. The van der Waals surface area contributed by atoms with Crippen molar-refractivity contribution in [1.82, 2.24) is 14.3 Å². The van der Waals surface area contributed by atoms with Gasteiger partial charge in [-0.3, -0.25) is 4.68 Å². The van der Waals surface area contributed by atoms with E-state index in [1.807, 2.05) is 42.2 Å². The maximum atomic E-state index is 9.68. The molecule has 0 radical (unpaired) electrons. The van der Waals surface area contributed by atoms with Crippen LogP contribution in [-0.2, 0) is 11.3 Å². The van der Waals surface area contributed by atoms with Gasteiger partial charge < -0.3 is 14.4 Å². The molecule has 0 aliphatic carbocycles. The highest BCUT2D eigenvalue weighted by Gasteiger charge is 2.06. The zero-order chi connectivity index (χ0) is 12.1. The van der Waals surface area contributed by atoms with Gasteiger partial charge in [0, 0.05) is 25.2 Å². The van der Waals surface area contributed by atoms with Crippen molar-refractivity contribution in [3.05, 3.63) is 36.9 Å². The van der Waals surface area contributed by atoms with E-state index in [2.05, 4.69) is 5.10 Å². The van der Waals surface area contributed by atoms with Crippen molar-refractivity contribution in [3.8, 4) is 5.69 Å². The Morgan fingerprint density at radius 3 is 2.88 bits per heavy atom. The molecule has 2 heterocycles. The predicted molar refractivity (Wildman–Crippen MR) is 64.1 cm³/mol. The summed E-state index contributed by atoms with van der Waals surface area (Å²) in [7, 11) is 0. The molecule has 2 aromatic heterocycles. The highest BCUT2D eigenvalue weighted by molar-refractivity contribution is 5.26. The van der Waals surface area contributed by atoms with Gasteiger partial charge in [-0.05, 0) is 19.1 Å². The fraction of sp³-hybridized carbons (Fsp3) is 0.417. The monoisotopic (exact) mass is 235 g/mol. The van der Waals surface area contributed by atoms with Crippen LogP contribution in [0.1, 0.15) is 6.92 Å².